The smallest absolute Gasteiger partial charge is 0.274 e. The van der Waals surface area contributed by atoms with E-state index in [9.17, 15) is 4.79 Å². The van der Waals surface area contributed by atoms with E-state index < -0.39 is 0 Å². The van der Waals surface area contributed by atoms with Crippen molar-refractivity contribution in [1.82, 2.24) is 25.2 Å². The van der Waals surface area contributed by atoms with Gasteiger partial charge in [-0.2, -0.15) is 10.1 Å². The first-order valence-corrected chi connectivity index (χ1v) is 8.20. The summed E-state index contributed by atoms with van der Waals surface area (Å²) in [5, 5.41) is 10.6. The first kappa shape index (κ1) is 16.9. The molecule has 0 atom stereocenters. The lowest BCUT2D eigenvalue weighted by molar-refractivity contribution is 0.0774. The van der Waals surface area contributed by atoms with Crippen LogP contribution in [0.2, 0.25) is 0 Å². The minimum absolute atomic E-state index is 0.210. The molecule has 1 aromatic carbocycles. The second kappa shape index (κ2) is 6.98. The number of benzene rings is 1. The van der Waals surface area contributed by atoms with E-state index in [4.69, 9.17) is 18.7 Å². The quantitative estimate of drug-likeness (QED) is 0.696. The van der Waals surface area contributed by atoms with E-state index in [0.29, 0.717) is 34.7 Å². The number of carbonyl (C=O) groups excluding carboxylic acids is 1. The van der Waals surface area contributed by atoms with E-state index in [1.54, 1.807) is 38.2 Å². The summed E-state index contributed by atoms with van der Waals surface area (Å²) in [5.74, 6) is 2.59. The summed E-state index contributed by atoms with van der Waals surface area (Å²) in [5.41, 5.74) is 0.946. The Hall–Kier alpha value is -3.56. The van der Waals surface area contributed by atoms with Crippen molar-refractivity contribution in [2.75, 3.05) is 13.8 Å². The molecule has 27 heavy (non-hydrogen) atoms. The zero-order valence-electron chi connectivity index (χ0n) is 14.8. The molecular weight excluding hydrogens is 354 g/mol. The summed E-state index contributed by atoms with van der Waals surface area (Å²) in [7, 11) is 1.64. The van der Waals surface area contributed by atoms with Crippen molar-refractivity contribution in [3.63, 3.8) is 0 Å². The van der Waals surface area contributed by atoms with Crippen LogP contribution in [0.3, 0.4) is 0 Å². The number of rotatable bonds is 6. The van der Waals surface area contributed by atoms with E-state index in [1.165, 1.54) is 4.90 Å². The van der Waals surface area contributed by atoms with Gasteiger partial charge in [-0.15, -0.1) is 0 Å². The molecule has 3 heterocycles. The van der Waals surface area contributed by atoms with Crippen LogP contribution >= 0.6 is 0 Å². The maximum Gasteiger partial charge on any atom is 0.274 e. The number of nitrogens with zero attached hydrogens (tertiary/aromatic N) is 4. The molecule has 0 saturated heterocycles. The maximum atomic E-state index is 12.5. The first-order chi connectivity index (χ1) is 13.1. The Kier molecular flexibility index (Phi) is 4.37. The number of hydrogen-bond acceptors (Lipinski definition) is 8. The molecule has 0 fully saturated rings. The molecule has 0 bridgehead atoms. The van der Waals surface area contributed by atoms with Crippen LogP contribution in [0.5, 0.6) is 17.2 Å². The number of aromatic nitrogens is 4. The zero-order chi connectivity index (χ0) is 18.8. The van der Waals surface area contributed by atoms with Gasteiger partial charge in [0.25, 0.3) is 5.91 Å². The molecule has 2 aromatic heterocycles. The number of carbonyl (C=O) groups is 1. The second-order valence-electron chi connectivity index (χ2n) is 5.97. The van der Waals surface area contributed by atoms with Gasteiger partial charge in [0.15, 0.2) is 23.0 Å². The highest BCUT2D eigenvalue weighted by Crippen LogP contribution is 2.35. The fraction of sp³-hybridized carbons (Fsp3) is 0.294. The number of H-pyrrole nitrogens is 1. The maximum absolute atomic E-state index is 12.5. The van der Waals surface area contributed by atoms with Crippen LogP contribution in [0.25, 0.3) is 0 Å². The fourth-order valence-corrected chi connectivity index (χ4v) is 2.56. The summed E-state index contributed by atoms with van der Waals surface area (Å²) < 4.78 is 21.2. The van der Waals surface area contributed by atoms with E-state index in [1.807, 2.05) is 0 Å². The van der Waals surface area contributed by atoms with Gasteiger partial charge in [0.2, 0.25) is 12.7 Å². The predicted octanol–water partition coefficient (Wildman–Crippen LogP) is 1.68. The van der Waals surface area contributed by atoms with Crippen molar-refractivity contribution in [2.24, 2.45) is 0 Å². The molecule has 10 nitrogen and oxygen atoms in total. The van der Waals surface area contributed by atoms with Crippen molar-refractivity contribution in [3.8, 4) is 17.2 Å². The van der Waals surface area contributed by atoms with Gasteiger partial charge in [0.05, 0.1) is 12.2 Å². The number of ether oxygens (including phenoxy) is 3. The first-order valence-electron chi connectivity index (χ1n) is 8.20. The van der Waals surface area contributed by atoms with Gasteiger partial charge in [-0.05, 0) is 18.2 Å². The highest BCUT2D eigenvalue weighted by molar-refractivity contribution is 5.92. The summed E-state index contributed by atoms with van der Waals surface area (Å²) >= 11 is 0. The van der Waals surface area contributed by atoms with Gasteiger partial charge in [-0.1, -0.05) is 5.16 Å². The van der Waals surface area contributed by atoms with Crippen molar-refractivity contribution in [1.29, 1.82) is 0 Å². The van der Waals surface area contributed by atoms with Crippen molar-refractivity contribution < 1.29 is 23.5 Å². The van der Waals surface area contributed by atoms with E-state index in [-0.39, 0.29) is 31.5 Å². The lowest BCUT2D eigenvalue weighted by Gasteiger charge is -2.12. The van der Waals surface area contributed by atoms with Gasteiger partial charge < -0.3 is 23.6 Å². The third-order valence-corrected chi connectivity index (χ3v) is 3.88. The average molecular weight is 371 g/mol. The van der Waals surface area contributed by atoms with Crippen LogP contribution in [0.15, 0.2) is 28.8 Å². The third-order valence-electron chi connectivity index (χ3n) is 3.88. The van der Waals surface area contributed by atoms with Crippen LogP contribution in [0.4, 0.5) is 0 Å². The van der Waals surface area contributed by atoms with E-state index in [0.717, 1.165) is 0 Å². The molecule has 1 aliphatic heterocycles. The molecule has 0 radical (unpaired) electrons. The Labute approximate surface area is 154 Å². The Morgan fingerprint density at radius 3 is 2.96 bits per heavy atom. The van der Waals surface area contributed by atoms with Gasteiger partial charge >= 0.3 is 0 Å². The lowest BCUT2D eigenvalue weighted by Crippen LogP contribution is -2.27. The number of hydrogen-bond donors (Lipinski definition) is 1. The normalized spacial score (nSPS) is 12.2. The van der Waals surface area contributed by atoms with Gasteiger partial charge in [-0.3, -0.25) is 9.89 Å². The summed E-state index contributed by atoms with van der Waals surface area (Å²) in [6.07, 6.45) is 0. The number of aryl methyl sites for hydroxylation is 1. The fourth-order valence-electron chi connectivity index (χ4n) is 2.56. The van der Waals surface area contributed by atoms with Crippen LogP contribution in [0, 0.1) is 6.92 Å². The molecule has 0 aliphatic carbocycles. The third kappa shape index (κ3) is 3.68. The molecule has 140 valence electrons. The Morgan fingerprint density at radius 2 is 2.15 bits per heavy atom. The van der Waals surface area contributed by atoms with Gasteiger partial charge in [0, 0.05) is 20.0 Å². The topological polar surface area (TPSA) is 116 Å². The average Bonchev–Trinajstić information content (AvgIpc) is 3.39. The van der Waals surface area contributed by atoms with E-state index >= 15 is 0 Å². The predicted molar refractivity (Wildman–Crippen MR) is 90.3 cm³/mol. The van der Waals surface area contributed by atoms with Crippen molar-refractivity contribution >= 4 is 5.91 Å². The molecule has 0 saturated carbocycles. The lowest BCUT2D eigenvalue weighted by atomic mass is 10.3. The monoisotopic (exact) mass is 371 g/mol. The van der Waals surface area contributed by atoms with Crippen LogP contribution in [-0.2, 0) is 13.2 Å². The molecule has 10 heteroatoms. The second-order valence-corrected chi connectivity index (χ2v) is 5.97. The summed E-state index contributed by atoms with van der Waals surface area (Å²) in [6.45, 7) is 2.36. The van der Waals surface area contributed by atoms with Gasteiger partial charge in [-0.25, -0.2) is 0 Å². The molecule has 1 N–H and O–H groups in total. The van der Waals surface area contributed by atoms with E-state index in [2.05, 4.69) is 20.3 Å². The molecule has 1 amide bonds. The Morgan fingerprint density at radius 1 is 1.30 bits per heavy atom. The number of aromatic amines is 1. The molecular formula is C17H17N5O5. The standard InChI is InChI=1S/C17H17N5O5/c1-10-18-16(21-27-10)7-22(2)17(23)13-5-11(19-20-13)8-24-12-3-4-14-15(6-12)26-9-25-14/h3-6H,7-9H2,1-2H3,(H,19,20). The SMILES string of the molecule is Cc1nc(CN(C)C(=O)c2cc(COc3ccc4c(c3)OCO4)[nH]n2)no1. The zero-order valence-corrected chi connectivity index (χ0v) is 14.8. The van der Waals surface area contributed by atoms with Crippen LogP contribution in [-0.4, -0.2) is 45.0 Å². The Balaban J connectivity index is 1.35. The van der Waals surface area contributed by atoms with Gasteiger partial charge in [0.1, 0.15) is 12.4 Å². The minimum Gasteiger partial charge on any atom is -0.487 e. The van der Waals surface area contributed by atoms with Crippen molar-refractivity contribution in [3.05, 3.63) is 47.4 Å². The van der Waals surface area contributed by atoms with Crippen LogP contribution in [0.1, 0.15) is 27.9 Å². The molecule has 1 aliphatic rings. The summed E-state index contributed by atoms with van der Waals surface area (Å²) in [4.78, 5) is 18.0. The number of amides is 1. The Bertz CT molecular complexity index is 966. The molecule has 0 unspecified atom stereocenters. The number of nitrogens with one attached hydrogen (secondary N) is 1. The van der Waals surface area contributed by atoms with Crippen molar-refractivity contribution in [2.45, 2.75) is 20.1 Å². The highest BCUT2D eigenvalue weighted by Gasteiger charge is 2.18. The summed E-state index contributed by atoms with van der Waals surface area (Å²) in [6, 6.07) is 6.98. The minimum atomic E-state index is -0.261. The van der Waals surface area contributed by atoms with Crippen LogP contribution < -0.4 is 14.2 Å². The molecule has 4 rings (SSSR count). The highest BCUT2D eigenvalue weighted by atomic mass is 16.7. The molecule has 3 aromatic rings. The largest absolute Gasteiger partial charge is 0.487 e. The molecule has 0 spiro atoms. The number of fused-ring (bicyclic) bond motifs is 1.